The van der Waals surface area contributed by atoms with E-state index in [0.29, 0.717) is 21.8 Å². The largest absolute Gasteiger partial charge is 0.358 e. The minimum absolute atomic E-state index is 0.271. The summed E-state index contributed by atoms with van der Waals surface area (Å²) in [6.45, 7) is 0. The average Bonchev–Trinajstić information content (AvgIpc) is 3.45. The number of carbonyl (C=O) groups is 3. The second-order valence-electron chi connectivity index (χ2n) is 10.3. The van der Waals surface area contributed by atoms with E-state index in [-0.39, 0.29) is 28.1 Å². The van der Waals surface area contributed by atoms with Crippen LogP contribution in [-0.4, -0.2) is 28.4 Å². The molecule has 4 aromatic carbocycles. The molecule has 0 saturated carbocycles. The van der Waals surface area contributed by atoms with E-state index in [1.165, 1.54) is 0 Å². The Morgan fingerprint density at radius 1 is 0.800 bits per heavy atom. The molecule has 4 atom stereocenters. The van der Waals surface area contributed by atoms with Gasteiger partial charge in [-0.05, 0) is 65.2 Å². The molecule has 3 aliphatic rings. The summed E-state index contributed by atoms with van der Waals surface area (Å²) in [6, 6.07) is 27.0. The van der Waals surface area contributed by atoms with E-state index >= 15 is 0 Å². The summed E-state index contributed by atoms with van der Waals surface area (Å²) in [5, 5.41) is 3.82. The second kappa shape index (κ2) is 9.19. The first-order valence-corrected chi connectivity index (χ1v) is 13.7. The van der Waals surface area contributed by atoms with Crippen LogP contribution in [-0.2, 0) is 10.2 Å². The third kappa shape index (κ3) is 3.38. The van der Waals surface area contributed by atoms with Crippen molar-refractivity contribution in [3.63, 3.8) is 0 Å². The fourth-order valence-electron chi connectivity index (χ4n) is 6.78. The van der Waals surface area contributed by atoms with Crippen LogP contribution >= 0.6 is 23.2 Å². The van der Waals surface area contributed by atoms with Gasteiger partial charge in [-0.15, -0.1) is 0 Å². The smallest absolute Gasteiger partial charge is 0.238 e. The van der Waals surface area contributed by atoms with Crippen LogP contribution < -0.4 is 5.32 Å². The maximum atomic E-state index is 14.8. The minimum atomic E-state index is -1.40. The molecular formula is C33H22Cl2N2O3. The number of halogens is 2. The Bertz CT molecular complexity index is 1750. The number of hydrogen-bond acceptors (Lipinski definition) is 4. The van der Waals surface area contributed by atoms with Gasteiger partial charge in [0, 0.05) is 28.0 Å². The third-order valence-electron chi connectivity index (χ3n) is 8.39. The summed E-state index contributed by atoms with van der Waals surface area (Å²) >= 11 is 12.7. The van der Waals surface area contributed by atoms with Gasteiger partial charge in [-0.3, -0.25) is 14.4 Å². The molecule has 0 aromatic heterocycles. The highest BCUT2D eigenvalue weighted by molar-refractivity contribution is 6.34. The number of benzene rings is 4. The lowest BCUT2D eigenvalue weighted by Gasteiger charge is -2.38. The molecule has 1 N–H and O–H groups in total. The molecule has 1 saturated heterocycles. The normalized spacial score (nSPS) is 23.9. The van der Waals surface area contributed by atoms with Gasteiger partial charge in [0.05, 0.1) is 17.0 Å². The zero-order valence-electron chi connectivity index (χ0n) is 21.1. The molecule has 1 fully saturated rings. The number of fused-ring (bicyclic) bond motifs is 6. The van der Waals surface area contributed by atoms with Crippen molar-refractivity contribution in [2.24, 2.45) is 5.92 Å². The van der Waals surface area contributed by atoms with Crippen LogP contribution in [0, 0.1) is 5.92 Å². The number of amides is 1. The van der Waals surface area contributed by atoms with Gasteiger partial charge >= 0.3 is 0 Å². The number of ketones is 2. The maximum Gasteiger partial charge on any atom is 0.238 e. The van der Waals surface area contributed by atoms with Gasteiger partial charge in [-0.2, -0.15) is 0 Å². The number of anilines is 1. The van der Waals surface area contributed by atoms with E-state index in [1.54, 1.807) is 48.5 Å². The average molecular weight is 565 g/mol. The second-order valence-corrected chi connectivity index (χ2v) is 11.1. The molecule has 0 bridgehead atoms. The highest BCUT2D eigenvalue weighted by Gasteiger charge is 2.70. The van der Waals surface area contributed by atoms with Crippen LogP contribution in [0.15, 0.2) is 103 Å². The molecule has 196 valence electrons. The number of nitrogens with zero attached hydrogens (tertiary/aromatic N) is 1. The minimum Gasteiger partial charge on any atom is -0.358 e. The van der Waals surface area contributed by atoms with Gasteiger partial charge in [-0.1, -0.05) is 77.8 Å². The molecule has 0 unspecified atom stereocenters. The molecule has 3 heterocycles. The molecule has 0 aliphatic carbocycles. The van der Waals surface area contributed by atoms with E-state index in [0.717, 1.165) is 11.1 Å². The van der Waals surface area contributed by atoms with Crippen molar-refractivity contribution >= 4 is 52.4 Å². The summed E-state index contributed by atoms with van der Waals surface area (Å²) in [5.74, 6) is -2.03. The topological polar surface area (TPSA) is 66.5 Å². The zero-order chi connectivity index (χ0) is 27.6. The number of para-hydroxylation sites is 1. The van der Waals surface area contributed by atoms with Crippen molar-refractivity contribution in [2.75, 3.05) is 5.32 Å². The number of rotatable bonds is 4. The van der Waals surface area contributed by atoms with E-state index in [4.69, 9.17) is 23.2 Å². The standard InChI is InChI=1S/C33H22Cl2N2O3/c34-21-15-13-20(14-16-21)29(38)28-27(30(39)23-9-3-5-11-25(23)35)33(24-10-4-6-12-26(24)36-32(33)40)31-22-8-2-1-7-19(22)17-18-37(28)31/h1-18,27-28,31H,(H,36,40)/t27-,28+,31-,33+/m0/s1. The SMILES string of the molecule is O=C(c1ccccc1Cl)[C@@H]1[C@H](C(=O)c2ccc(Cl)cc2)N2C=Cc3ccccc3[C@H]2[C@]12C(=O)Nc1ccccc12. The summed E-state index contributed by atoms with van der Waals surface area (Å²) in [5.41, 5.74) is 2.41. The Balaban J connectivity index is 1.55. The van der Waals surface area contributed by atoms with E-state index in [1.807, 2.05) is 65.7 Å². The lowest BCUT2D eigenvalue weighted by atomic mass is 9.62. The Hall–Kier alpha value is -4.19. The fourth-order valence-corrected chi connectivity index (χ4v) is 7.14. The zero-order valence-corrected chi connectivity index (χ0v) is 22.6. The van der Waals surface area contributed by atoms with E-state index < -0.39 is 23.4 Å². The Labute approximate surface area is 241 Å². The van der Waals surface area contributed by atoms with Crippen LogP contribution in [0.5, 0.6) is 0 Å². The first-order chi connectivity index (χ1) is 19.4. The van der Waals surface area contributed by atoms with E-state index in [2.05, 4.69) is 5.32 Å². The van der Waals surface area contributed by atoms with Crippen LogP contribution in [0.3, 0.4) is 0 Å². The number of Topliss-reactive ketones (excluding diaryl/α,β-unsaturated/α-hetero) is 2. The van der Waals surface area contributed by atoms with E-state index in [9.17, 15) is 14.4 Å². The molecule has 1 amide bonds. The van der Waals surface area contributed by atoms with Crippen LogP contribution in [0.4, 0.5) is 5.69 Å². The van der Waals surface area contributed by atoms with Gasteiger partial charge in [-0.25, -0.2) is 0 Å². The molecule has 5 nitrogen and oxygen atoms in total. The van der Waals surface area contributed by atoms with Crippen LogP contribution in [0.2, 0.25) is 10.0 Å². The van der Waals surface area contributed by atoms with Gasteiger partial charge < -0.3 is 10.2 Å². The Kier molecular flexibility index (Phi) is 5.70. The van der Waals surface area contributed by atoms with Crippen molar-refractivity contribution in [1.82, 2.24) is 4.90 Å². The first kappa shape index (κ1) is 24.8. The number of nitrogens with one attached hydrogen (secondary N) is 1. The predicted octanol–water partition coefficient (Wildman–Crippen LogP) is 6.98. The van der Waals surface area contributed by atoms with Crippen molar-refractivity contribution in [1.29, 1.82) is 0 Å². The monoisotopic (exact) mass is 564 g/mol. The van der Waals surface area contributed by atoms with Crippen LogP contribution in [0.25, 0.3) is 6.08 Å². The number of carbonyl (C=O) groups excluding carboxylic acids is 3. The van der Waals surface area contributed by atoms with Gasteiger partial charge in [0.2, 0.25) is 5.91 Å². The molecule has 4 aromatic rings. The summed E-state index contributed by atoms with van der Waals surface area (Å²) in [6.07, 6.45) is 3.78. The summed E-state index contributed by atoms with van der Waals surface area (Å²) in [4.78, 5) is 45.6. The summed E-state index contributed by atoms with van der Waals surface area (Å²) < 4.78 is 0. The summed E-state index contributed by atoms with van der Waals surface area (Å²) in [7, 11) is 0. The fraction of sp³-hybridized carbons (Fsp3) is 0.121. The molecule has 1 spiro atoms. The predicted molar refractivity (Wildman–Crippen MR) is 156 cm³/mol. The molecule has 40 heavy (non-hydrogen) atoms. The van der Waals surface area contributed by atoms with Crippen LogP contribution in [0.1, 0.15) is 43.4 Å². The maximum absolute atomic E-state index is 14.8. The lowest BCUT2D eigenvalue weighted by molar-refractivity contribution is -0.122. The lowest BCUT2D eigenvalue weighted by Crippen LogP contribution is -2.49. The van der Waals surface area contributed by atoms with Crippen molar-refractivity contribution in [2.45, 2.75) is 17.5 Å². The Morgan fingerprint density at radius 2 is 1.50 bits per heavy atom. The van der Waals surface area contributed by atoms with Crippen molar-refractivity contribution in [3.05, 3.63) is 141 Å². The first-order valence-electron chi connectivity index (χ1n) is 13.0. The molecule has 7 rings (SSSR count). The number of hydrogen-bond donors (Lipinski definition) is 1. The van der Waals surface area contributed by atoms with Gasteiger partial charge in [0.1, 0.15) is 11.5 Å². The molecule has 7 heteroatoms. The Morgan fingerprint density at radius 3 is 2.30 bits per heavy atom. The molecular weight excluding hydrogens is 543 g/mol. The molecule has 3 aliphatic heterocycles. The van der Waals surface area contributed by atoms with Crippen molar-refractivity contribution < 1.29 is 14.4 Å². The molecule has 0 radical (unpaired) electrons. The highest BCUT2D eigenvalue weighted by Crippen LogP contribution is 2.62. The van der Waals surface area contributed by atoms with Crippen molar-refractivity contribution in [3.8, 4) is 0 Å². The van der Waals surface area contributed by atoms with Gasteiger partial charge in [0.25, 0.3) is 0 Å². The highest BCUT2D eigenvalue weighted by atomic mass is 35.5. The quantitative estimate of drug-likeness (QED) is 0.272. The third-order valence-corrected chi connectivity index (χ3v) is 8.97. The van der Waals surface area contributed by atoms with Gasteiger partial charge in [0.15, 0.2) is 11.6 Å².